The summed E-state index contributed by atoms with van der Waals surface area (Å²) in [7, 11) is 0. The van der Waals surface area contributed by atoms with Gasteiger partial charge in [0.05, 0.1) is 11.0 Å². The molecule has 0 bridgehead atoms. The molecule has 0 amide bonds. The number of aromatic nitrogens is 1. The third kappa shape index (κ3) is 5.06. The zero-order valence-electron chi connectivity index (χ0n) is 24.5. The van der Waals surface area contributed by atoms with Crippen molar-refractivity contribution in [1.82, 2.24) is 4.57 Å². The third-order valence-corrected chi connectivity index (χ3v) is 8.72. The summed E-state index contributed by atoms with van der Waals surface area (Å²) in [5.74, 6) is 0. The van der Waals surface area contributed by atoms with E-state index in [1.165, 1.54) is 49.7 Å². The molecule has 0 saturated heterocycles. The minimum atomic E-state index is 0.720. The van der Waals surface area contributed by atoms with Gasteiger partial charge in [0.25, 0.3) is 0 Å². The molecule has 0 N–H and O–H groups in total. The van der Waals surface area contributed by atoms with Crippen LogP contribution in [0.1, 0.15) is 0 Å². The first kappa shape index (κ1) is 27.0. The Morgan fingerprint density at radius 2 is 0.844 bits per heavy atom. The first-order chi connectivity index (χ1) is 22.2. The number of hydrogen-bond donors (Lipinski definition) is 0. The molecule has 8 aromatic rings. The fourth-order valence-corrected chi connectivity index (χ4v) is 6.41. The number of para-hydroxylation sites is 2. The zero-order valence-corrected chi connectivity index (χ0v) is 25.3. The molecule has 0 atom stereocenters. The second-order valence-electron chi connectivity index (χ2n) is 11.2. The summed E-state index contributed by atoms with van der Waals surface area (Å²) in [5.41, 5.74) is 11.6. The molecular formula is C42H29ClN2. The fraction of sp³-hybridized carbons (Fsp3) is 0. The first-order valence-corrected chi connectivity index (χ1v) is 15.5. The number of hydrogen-bond acceptors (Lipinski definition) is 1. The Morgan fingerprint density at radius 3 is 1.49 bits per heavy atom. The van der Waals surface area contributed by atoms with E-state index in [1.54, 1.807) is 0 Å². The lowest BCUT2D eigenvalue weighted by atomic mass is 10.0. The van der Waals surface area contributed by atoms with Crippen LogP contribution in [-0.2, 0) is 0 Å². The van der Waals surface area contributed by atoms with Crippen molar-refractivity contribution < 1.29 is 0 Å². The van der Waals surface area contributed by atoms with Crippen molar-refractivity contribution in [3.63, 3.8) is 0 Å². The largest absolute Gasteiger partial charge is 0.311 e. The second kappa shape index (κ2) is 11.5. The highest BCUT2D eigenvalue weighted by Crippen LogP contribution is 2.39. The summed E-state index contributed by atoms with van der Waals surface area (Å²) < 4.78 is 2.35. The van der Waals surface area contributed by atoms with Gasteiger partial charge in [-0.15, -0.1) is 0 Å². The molecule has 0 spiro atoms. The number of nitrogens with zero attached hydrogens (tertiary/aromatic N) is 2. The van der Waals surface area contributed by atoms with Gasteiger partial charge in [-0.1, -0.05) is 109 Å². The molecule has 0 aliphatic rings. The highest BCUT2D eigenvalue weighted by molar-refractivity contribution is 6.30. The van der Waals surface area contributed by atoms with Gasteiger partial charge in [0.2, 0.25) is 0 Å². The second-order valence-corrected chi connectivity index (χ2v) is 11.6. The molecule has 8 rings (SSSR count). The number of halogens is 1. The van der Waals surface area contributed by atoms with Gasteiger partial charge in [-0.2, -0.15) is 0 Å². The molecule has 0 fully saturated rings. The van der Waals surface area contributed by atoms with Crippen LogP contribution in [0.3, 0.4) is 0 Å². The van der Waals surface area contributed by atoms with Crippen LogP contribution in [0.25, 0.3) is 49.7 Å². The zero-order chi connectivity index (χ0) is 30.2. The highest BCUT2D eigenvalue weighted by Gasteiger charge is 2.15. The average molecular weight is 597 g/mol. The molecular weight excluding hydrogens is 568 g/mol. The van der Waals surface area contributed by atoms with Crippen LogP contribution in [0.15, 0.2) is 176 Å². The van der Waals surface area contributed by atoms with E-state index in [4.69, 9.17) is 11.6 Å². The summed E-state index contributed by atoms with van der Waals surface area (Å²) in [6.45, 7) is 0. The third-order valence-electron chi connectivity index (χ3n) is 8.46. The van der Waals surface area contributed by atoms with Gasteiger partial charge in [-0.05, 0) is 101 Å². The Bertz CT molecular complexity index is 2230. The minimum absolute atomic E-state index is 0.720. The summed E-state index contributed by atoms with van der Waals surface area (Å²) >= 11 is 6.28. The number of benzene rings is 7. The molecule has 45 heavy (non-hydrogen) atoms. The van der Waals surface area contributed by atoms with Crippen molar-refractivity contribution >= 4 is 50.5 Å². The topological polar surface area (TPSA) is 8.17 Å². The average Bonchev–Trinajstić information content (AvgIpc) is 3.44. The molecule has 214 valence electrons. The predicted octanol–water partition coefficient (Wildman–Crippen LogP) is 12.2. The van der Waals surface area contributed by atoms with Crippen molar-refractivity contribution in [1.29, 1.82) is 0 Å². The minimum Gasteiger partial charge on any atom is -0.311 e. The smallest absolute Gasteiger partial charge is 0.0541 e. The lowest BCUT2D eigenvalue weighted by Crippen LogP contribution is -2.09. The SMILES string of the molecule is Clc1ccc(N(c2ccc(-c3ccccc3)cc2)c2ccc(-c3ccc4c(c3)c3ccccc3n4-c3ccccc3)cc2)cc1. The lowest BCUT2D eigenvalue weighted by molar-refractivity contribution is 1.18. The highest BCUT2D eigenvalue weighted by atomic mass is 35.5. The summed E-state index contributed by atoms with van der Waals surface area (Å²) in [4.78, 5) is 2.27. The van der Waals surface area contributed by atoms with E-state index in [9.17, 15) is 0 Å². The summed E-state index contributed by atoms with van der Waals surface area (Å²) in [5, 5.41) is 3.22. The van der Waals surface area contributed by atoms with Crippen LogP contribution in [0.4, 0.5) is 17.1 Å². The standard InChI is InChI=1S/C42H29ClN2/c43-34-20-26-38(27-21-34)44(36-22-15-31(16-23-36)30-9-3-1-4-10-30)37-24-17-32(18-25-37)33-19-28-42-40(29-33)39-13-7-8-14-41(39)45(42)35-11-5-2-6-12-35/h1-29H. The van der Waals surface area contributed by atoms with E-state index in [0.29, 0.717) is 0 Å². The van der Waals surface area contributed by atoms with Crippen molar-refractivity contribution in [3.05, 3.63) is 181 Å². The van der Waals surface area contributed by atoms with Gasteiger partial charge >= 0.3 is 0 Å². The molecule has 2 nitrogen and oxygen atoms in total. The van der Waals surface area contributed by atoms with Gasteiger partial charge in [-0.3, -0.25) is 0 Å². The van der Waals surface area contributed by atoms with E-state index in [1.807, 2.05) is 18.2 Å². The normalized spacial score (nSPS) is 11.2. The van der Waals surface area contributed by atoms with Gasteiger partial charge in [0, 0.05) is 38.5 Å². The number of rotatable bonds is 6. The van der Waals surface area contributed by atoms with Crippen molar-refractivity contribution in [2.75, 3.05) is 4.90 Å². The Labute approximate surface area is 268 Å². The quantitative estimate of drug-likeness (QED) is 0.185. The molecule has 0 aliphatic heterocycles. The van der Waals surface area contributed by atoms with Gasteiger partial charge in [0.15, 0.2) is 0 Å². The number of fused-ring (bicyclic) bond motifs is 3. The number of anilines is 3. The summed E-state index contributed by atoms with van der Waals surface area (Å²) in [6.07, 6.45) is 0. The summed E-state index contributed by atoms with van der Waals surface area (Å²) in [6, 6.07) is 62.1. The van der Waals surface area contributed by atoms with Crippen LogP contribution in [-0.4, -0.2) is 4.57 Å². The van der Waals surface area contributed by atoms with Crippen molar-refractivity contribution in [2.24, 2.45) is 0 Å². The Kier molecular flexibility index (Phi) is 6.90. The molecule has 1 aromatic heterocycles. The molecule has 3 heteroatoms. The Balaban J connectivity index is 1.18. The Morgan fingerprint density at radius 1 is 0.378 bits per heavy atom. The van der Waals surface area contributed by atoms with Crippen molar-refractivity contribution in [3.8, 4) is 27.9 Å². The lowest BCUT2D eigenvalue weighted by Gasteiger charge is -2.26. The molecule has 7 aromatic carbocycles. The van der Waals surface area contributed by atoms with Crippen LogP contribution < -0.4 is 4.90 Å². The molecule has 1 heterocycles. The van der Waals surface area contributed by atoms with Crippen molar-refractivity contribution in [2.45, 2.75) is 0 Å². The molecule has 0 aliphatic carbocycles. The monoisotopic (exact) mass is 596 g/mol. The maximum atomic E-state index is 6.28. The Hall–Kier alpha value is -5.57. The van der Waals surface area contributed by atoms with Crippen LogP contribution in [0.5, 0.6) is 0 Å². The van der Waals surface area contributed by atoms with Gasteiger partial charge in [-0.25, -0.2) is 0 Å². The van der Waals surface area contributed by atoms with Gasteiger partial charge in [0.1, 0.15) is 0 Å². The first-order valence-electron chi connectivity index (χ1n) is 15.1. The maximum Gasteiger partial charge on any atom is 0.0541 e. The van der Waals surface area contributed by atoms with E-state index < -0.39 is 0 Å². The fourth-order valence-electron chi connectivity index (χ4n) is 6.28. The van der Waals surface area contributed by atoms with E-state index >= 15 is 0 Å². The molecule has 0 saturated carbocycles. The predicted molar refractivity (Wildman–Crippen MR) is 191 cm³/mol. The van der Waals surface area contributed by atoms with Crippen LogP contribution in [0.2, 0.25) is 5.02 Å². The maximum absolute atomic E-state index is 6.28. The molecule has 0 radical (unpaired) electrons. The van der Waals surface area contributed by atoms with Crippen LogP contribution >= 0.6 is 11.6 Å². The van der Waals surface area contributed by atoms with Crippen LogP contribution in [0, 0.1) is 0 Å². The van der Waals surface area contributed by atoms with E-state index in [0.717, 1.165) is 22.1 Å². The van der Waals surface area contributed by atoms with E-state index in [-0.39, 0.29) is 0 Å². The molecule has 0 unspecified atom stereocenters. The van der Waals surface area contributed by atoms with E-state index in [2.05, 4.69) is 167 Å². The van der Waals surface area contributed by atoms with Gasteiger partial charge < -0.3 is 9.47 Å².